The Morgan fingerprint density at radius 2 is 2.22 bits per heavy atom. The lowest BCUT2D eigenvalue weighted by atomic mass is 10.1. The van der Waals surface area contributed by atoms with Gasteiger partial charge in [-0.2, -0.15) is 5.10 Å². The van der Waals surface area contributed by atoms with Gasteiger partial charge in [0.15, 0.2) is 0 Å². The van der Waals surface area contributed by atoms with E-state index in [2.05, 4.69) is 15.7 Å². The van der Waals surface area contributed by atoms with Crippen LogP contribution >= 0.6 is 11.3 Å². The molecule has 0 radical (unpaired) electrons. The zero-order chi connectivity index (χ0) is 19.6. The summed E-state index contributed by atoms with van der Waals surface area (Å²) in [5.41, 5.74) is 1.07. The van der Waals surface area contributed by atoms with Crippen molar-refractivity contribution >= 4 is 34.1 Å². The molecule has 3 heterocycles. The van der Waals surface area contributed by atoms with Crippen LogP contribution in [0.1, 0.15) is 28.4 Å². The third kappa shape index (κ3) is 3.71. The average molecular weight is 391 g/mol. The zero-order valence-corrected chi connectivity index (χ0v) is 16.1. The van der Waals surface area contributed by atoms with E-state index < -0.39 is 18.1 Å². The number of amides is 2. The van der Waals surface area contributed by atoms with Crippen LogP contribution in [-0.4, -0.2) is 54.3 Å². The standard InChI is InChI=1S/C17H21N5O4S/c1-18-13(10-8-19-21(2)9-10)14(23)20-12-4-6-22(15(12)24)16-11(5-7-27-16)17(25)26-3/h5,7-9,12-13,18H,4,6H2,1-3H3,(H,20,23). The second-order valence-corrected chi connectivity index (χ2v) is 7.03. The van der Waals surface area contributed by atoms with Gasteiger partial charge in [-0.1, -0.05) is 0 Å². The molecule has 1 aliphatic rings. The van der Waals surface area contributed by atoms with Crippen LogP contribution in [0, 0.1) is 0 Å². The molecular formula is C17H21N5O4S. The molecule has 27 heavy (non-hydrogen) atoms. The number of carbonyl (C=O) groups is 3. The maximum Gasteiger partial charge on any atom is 0.340 e. The molecule has 0 bridgehead atoms. The fourth-order valence-corrected chi connectivity index (χ4v) is 4.00. The van der Waals surface area contributed by atoms with Gasteiger partial charge >= 0.3 is 5.97 Å². The summed E-state index contributed by atoms with van der Waals surface area (Å²) in [7, 11) is 4.75. The third-order valence-corrected chi connectivity index (χ3v) is 5.36. The summed E-state index contributed by atoms with van der Waals surface area (Å²) in [4.78, 5) is 38.8. The predicted molar refractivity (Wildman–Crippen MR) is 99.6 cm³/mol. The second-order valence-electron chi connectivity index (χ2n) is 6.14. The molecule has 2 N–H and O–H groups in total. The van der Waals surface area contributed by atoms with Gasteiger partial charge in [0.1, 0.15) is 17.1 Å². The lowest BCUT2D eigenvalue weighted by molar-refractivity contribution is -0.127. The molecule has 0 aliphatic carbocycles. The smallest absolute Gasteiger partial charge is 0.340 e. The monoisotopic (exact) mass is 391 g/mol. The van der Waals surface area contributed by atoms with Gasteiger partial charge in [-0.25, -0.2) is 4.79 Å². The summed E-state index contributed by atoms with van der Waals surface area (Å²) in [6.07, 6.45) is 3.82. The molecule has 10 heteroatoms. The quantitative estimate of drug-likeness (QED) is 0.693. The molecule has 9 nitrogen and oxygen atoms in total. The Kier molecular flexibility index (Phi) is 5.57. The Hall–Kier alpha value is -2.72. The number of thiophene rings is 1. The maximum absolute atomic E-state index is 12.8. The van der Waals surface area contributed by atoms with Crippen molar-refractivity contribution < 1.29 is 19.1 Å². The molecular weight excluding hydrogens is 370 g/mol. The van der Waals surface area contributed by atoms with E-state index in [1.54, 1.807) is 42.6 Å². The topological polar surface area (TPSA) is 106 Å². The molecule has 0 aromatic carbocycles. The van der Waals surface area contributed by atoms with E-state index >= 15 is 0 Å². The van der Waals surface area contributed by atoms with Gasteiger partial charge in [0.25, 0.3) is 0 Å². The third-order valence-electron chi connectivity index (χ3n) is 4.43. The highest BCUT2D eigenvalue weighted by Crippen LogP contribution is 2.32. The fraction of sp³-hybridized carbons (Fsp3) is 0.412. The molecule has 2 aromatic rings. The van der Waals surface area contributed by atoms with Crippen LogP contribution in [0.3, 0.4) is 0 Å². The van der Waals surface area contributed by atoms with Gasteiger partial charge in [0, 0.05) is 25.4 Å². The number of likely N-dealkylation sites (N-methyl/N-ethyl adjacent to an activating group) is 1. The van der Waals surface area contributed by atoms with Gasteiger partial charge in [0.2, 0.25) is 11.8 Å². The van der Waals surface area contributed by atoms with E-state index in [9.17, 15) is 14.4 Å². The predicted octanol–water partition coefficient (Wildman–Crippen LogP) is 0.450. The molecule has 2 atom stereocenters. The number of aryl methyl sites for hydroxylation is 1. The lowest BCUT2D eigenvalue weighted by Crippen LogP contribution is -2.45. The largest absolute Gasteiger partial charge is 0.465 e. The minimum Gasteiger partial charge on any atom is -0.465 e. The summed E-state index contributed by atoms with van der Waals surface area (Å²) in [6, 6.07) is 0.385. The van der Waals surface area contributed by atoms with E-state index in [1.165, 1.54) is 23.3 Å². The zero-order valence-electron chi connectivity index (χ0n) is 15.3. The number of carbonyl (C=O) groups excluding carboxylic acids is 3. The number of hydrogen-bond acceptors (Lipinski definition) is 7. The number of anilines is 1. The first-order valence-corrected chi connectivity index (χ1v) is 9.27. The van der Waals surface area contributed by atoms with E-state index in [4.69, 9.17) is 4.74 Å². The highest BCUT2D eigenvalue weighted by molar-refractivity contribution is 7.14. The first-order chi connectivity index (χ1) is 13.0. The van der Waals surface area contributed by atoms with E-state index in [-0.39, 0.29) is 11.8 Å². The minimum absolute atomic E-state index is 0.239. The first-order valence-electron chi connectivity index (χ1n) is 8.39. The van der Waals surface area contributed by atoms with E-state index in [1.807, 2.05) is 0 Å². The van der Waals surface area contributed by atoms with Crippen molar-refractivity contribution in [3.63, 3.8) is 0 Å². The first kappa shape index (κ1) is 19.1. The Bertz CT molecular complexity index is 861. The van der Waals surface area contributed by atoms with Gasteiger partial charge < -0.3 is 20.3 Å². The molecule has 2 unspecified atom stereocenters. The van der Waals surface area contributed by atoms with Gasteiger partial charge in [0.05, 0.1) is 18.9 Å². The molecule has 0 spiro atoms. The van der Waals surface area contributed by atoms with Gasteiger partial charge in [-0.05, 0) is 24.9 Å². The fourth-order valence-electron chi connectivity index (χ4n) is 3.08. The normalized spacial score (nSPS) is 17.8. The van der Waals surface area contributed by atoms with Gasteiger partial charge in [-0.3, -0.25) is 14.3 Å². The van der Waals surface area contributed by atoms with Crippen LogP contribution in [-0.2, 0) is 21.4 Å². The Morgan fingerprint density at radius 1 is 1.44 bits per heavy atom. The molecule has 2 amide bonds. The van der Waals surface area contributed by atoms with Crippen LogP contribution in [0.5, 0.6) is 0 Å². The Morgan fingerprint density at radius 3 is 2.85 bits per heavy atom. The van der Waals surface area contributed by atoms with Gasteiger partial charge in [-0.15, -0.1) is 11.3 Å². The SMILES string of the molecule is CNC(C(=O)NC1CCN(c2sccc2C(=O)OC)C1=O)c1cnn(C)c1. The molecule has 0 saturated carbocycles. The molecule has 2 aromatic heterocycles. The van der Waals surface area contributed by atoms with Crippen molar-refractivity contribution in [1.82, 2.24) is 20.4 Å². The number of aromatic nitrogens is 2. The van der Waals surface area contributed by atoms with Crippen LogP contribution in [0.2, 0.25) is 0 Å². The number of methoxy groups -OCH3 is 1. The summed E-state index contributed by atoms with van der Waals surface area (Å²) in [5, 5.41) is 12.1. The van der Waals surface area contributed by atoms with Crippen molar-refractivity contribution in [1.29, 1.82) is 0 Å². The van der Waals surface area contributed by atoms with Crippen LogP contribution in [0.25, 0.3) is 0 Å². The van der Waals surface area contributed by atoms with Crippen LogP contribution in [0.4, 0.5) is 5.00 Å². The molecule has 1 saturated heterocycles. The van der Waals surface area contributed by atoms with Crippen LogP contribution < -0.4 is 15.5 Å². The van der Waals surface area contributed by atoms with E-state index in [0.717, 1.165) is 0 Å². The number of nitrogens with one attached hydrogen (secondary N) is 2. The van der Waals surface area contributed by atoms with Crippen molar-refractivity contribution in [2.45, 2.75) is 18.5 Å². The number of esters is 1. The van der Waals surface area contributed by atoms with Crippen molar-refractivity contribution in [3.8, 4) is 0 Å². The summed E-state index contributed by atoms with van der Waals surface area (Å²) in [6.45, 7) is 0.422. The average Bonchev–Trinajstić information content (AvgIpc) is 3.37. The summed E-state index contributed by atoms with van der Waals surface area (Å²) in [5.74, 6) is -1.03. The Labute approximate surface area is 160 Å². The summed E-state index contributed by atoms with van der Waals surface area (Å²) < 4.78 is 6.37. The molecule has 3 rings (SSSR count). The number of nitrogens with zero attached hydrogens (tertiary/aromatic N) is 3. The molecule has 1 fully saturated rings. The molecule has 1 aliphatic heterocycles. The number of ether oxygens (including phenoxy) is 1. The van der Waals surface area contributed by atoms with Crippen LogP contribution in [0.15, 0.2) is 23.8 Å². The molecule has 144 valence electrons. The second kappa shape index (κ2) is 7.89. The Balaban J connectivity index is 1.71. The highest BCUT2D eigenvalue weighted by Gasteiger charge is 2.37. The minimum atomic E-state index is -0.641. The van der Waals surface area contributed by atoms with Crippen molar-refractivity contribution in [3.05, 3.63) is 35.0 Å². The maximum atomic E-state index is 12.8. The number of rotatable bonds is 6. The van der Waals surface area contributed by atoms with Crippen molar-refractivity contribution in [2.24, 2.45) is 7.05 Å². The summed E-state index contributed by atoms with van der Waals surface area (Å²) >= 11 is 1.29. The lowest BCUT2D eigenvalue weighted by Gasteiger charge is -2.19. The number of hydrogen-bond donors (Lipinski definition) is 2. The van der Waals surface area contributed by atoms with E-state index in [0.29, 0.717) is 29.1 Å². The highest BCUT2D eigenvalue weighted by atomic mass is 32.1. The van der Waals surface area contributed by atoms with Crippen molar-refractivity contribution in [2.75, 3.05) is 25.6 Å².